The third kappa shape index (κ3) is 2.67. The van der Waals surface area contributed by atoms with Crippen LogP contribution in [0, 0.1) is 5.92 Å². The van der Waals surface area contributed by atoms with Crippen LogP contribution in [0.3, 0.4) is 0 Å². The molecule has 0 aliphatic heterocycles. The molecule has 0 atom stereocenters. The van der Waals surface area contributed by atoms with Crippen molar-refractivity contribution in [2.75, 3.05) is 0 Å². The predicted octanol–water partition coefficient (Wildman–Crippen LogP) is 2.85. The molecule has 0 bridgehead atoms. The number of aryl methyl sites for hydroxylation is 1. The largest absolute Gasteiger partial charge is 0.331 e. The van der Waals surface area contributed by atoms with Gasteiger partial charge >= 0.3 is 0 Å². The van der Waals surface area contributed by atoms with Crippen molar-refractivity contribution in [3.8, 4) is 0 Å². The van der Waals surface area contributed by atoms with Crippen molar-refractivity contribution in [3.63, 3.8) is 0 Å². The Morgan fingerprint density at radius 1 is 1.39 bits per heavy atom. The Hall–Kier alpha value is -1.90. The second-order valence-corrected chi connectivity index (χ2v) is 4.99. The van der Waals surface area contributed by atoms with Gasteiger partial charge in [-0.15, -0.1) is 0 Å². The van der Waals surface area contributed by atoms with E-state index in [2.05, 4.69) is 24.9 Å². The highest BCUT2D eigenvalue weighted by Gasteiger charge is 2.13. The minimum Gasteiger partial charge on any atom is -0.331 e. The molecule has 0 N–H and O–H groups in total. The molecule has 0 amide bonds. The van der Waals surface area contributed by atoms with Crippen molar-refractivity contribution in [1.29, 1.82) is 0 Å². The van der Waals surface area contributed by atoms with Crippen LogP contribution in [0.4, 0.5) is 0 Å². The Morgan fingerprint density at radius 3 is 2.78 bits per heavy atom. The lowest BCUT2D eigenvalue weighted by molar-refractivity contribution is 0.102. The lowest BCUT2D eigenvalue weighted by Gasteiger charge is -2.07. The number of rotatable bonds is 4. The van der Waals surface area contributed by atoms with E-state index in [0.717, 1.165) is 6.42 Å². The lowest BCUT2D eigenvalue weighted by Crippen LogP contribution is -2.09. The molecule has 94 valence electrons. The molecular weight excluding hydrogens is 224 g/mol. The van der Waals surface area contributed by atoms with Crippen molar-refractivity contribution in [3.05, 3.63) is 53.6 Å². The molecule has 0 aliphatic rings. The lowest BCUT2D eigenvalue weighted by atomic mass is 9.99. The molecule has 0 saturated carbocycles. The normalized spacial score (nSPS) is 10.9. The van der Waals surface area contributed by atoms with Crippen LogP contribution in [0.15, 0.2) is 36.7 Å². The fourth-order valence-electron chi connectivity index (χ4n) is 2.02. The standard InChI is InChI=1S/C15H18N2O/c1-11(2)9-12-5-4-6-13(10-12)14(18)15-16-7-8-17(15)3/h4-8,10-11H,9H2,1-3H3. The fourth-order valence-corrected chi connectivity index (χ4v) is 2.02. The minimum atomic E-state index is -0.0203. The van der Waals surface area contributed by atoms with Gasteiger partial charge in [-0.1, -0.05) is 32.0 Å². The molecule has 18 heavy (non-hydrogen) atoms. The maximum absolute atomic E-state index is 12.3. The Bertz CT molecular complexity index is 555. The number of imidazole rings is 1. The molecule has 2 aromatic rings. The van der Waals surface area contributed by atoms with E-state index in [-0.39, 0.29) is 5.78 Å². The minimum absolute atomic E-state index is 0.0203. The second kappa shape index (κ2) is 5.17. The van der Waals surface area contributed by atoms with Crippen LogP contribution in [-0.4, -0.2) is 15.3 Å². The number of carbonyl (C=O) groups is 1. The number of aromatic nitrogens is 2. The molecule has 1 aromatic heterocycles. The molecule has 3 heteroatoms. The first-order valence-corrected chi connectivity index (χ1v) is 6.19. The average molecular weight is 242 g/mol. The van der Waals surface area contributed by atoms with Crippen LogP contribution in [0.2, 0.25) is 0 Å². The van der Waals surface area contributed by atoms with Gasteiger partial charge in [-0.3, -0.25) is 4.79 Å². The van der Waals surface area contributed by atoms with Gasteiger partial charge in [-0.25, -0.2) is 4.98 Å². The van der Waals surface area contributed by atoms with Crippen LogP contribution < -0.4 is 0 Å². The van der Waals surface area contributed by atoms with Crippen molar-refractivity contribution in [1.82, 2.24) is 9.55 Å². The highest BCUT2D eigenvalue weighted by molar-refractivity contribution is 6.06. The molecule has 1 heterocycles. The first kappa shape index (κ1) is 12.6. The van der Waals surface area contributed by atoms with E-state index in [4.69, 9.17) is 0 Å². The van der Waals surface area contributed by atoms with Gasteiger partial charge in [0.2, 0.25) is 5.78 Å². The van der Waals surface area contributed by atoms with Crippen molar-refractivity contribution in [2.45, 2.75) is 20.3 Å². The van der Waals surface area contributed by atoms with E-state index in [1.165, 1.54) is 5.56 Å². The van der Waals surface area contributed by atoms with Crippen LogP contribution in [-0.2, 0) is 13.5 Å². The third-order valence-corrected chi connectivity index (χ3v) is 2.86. The van der Waals surface area contributed by atoms with Gasteiger partial charge in [-0.2, -0.15) is 0 Å². The molecule has 1 aromatic carbocycles. The zero-order chi connectivity index (χ0) is 13.1. The second-order valence-electron chi connectivity index (χ2n) is 4.99. The quantitative estimate of drug-likeness (QED) is 0.773. The molecule has 2 rings (SSSR count). The van der Waals surface area contributed by atoms with Crippen molar-refractivity contribution < 1.29 is 4.79 Å². The summed E-state index contributed by atoms with van der Waals surface area (Å²) in [5.74, 6) is 1.05. The van der Waals surface area contributed by atoms with E-state index < -0.39 is 0 Å². The average Bonchev–Trinajstić information content (AvgIpc) is 2.74. The topological polar surface area (TPSA) is 34.9 Å². The summed E-state index contributed by atoms with van der Waals surface area (Å²) in [6, 6.07) is 7.82. The summed E-state index contributed by atoms with van der Waals surface area (Å²) in [7, 11) is 1.83. The van der Waals surface area contributed by atoms with E-state index in [1.54, 1.807) is 17.0 Å². The maximum atomic E-state index is 12.3. The number of nitrogens with zero attached hydrogens (tertiary/aromatic N) is 2. The predicted molar refractivity (Wildman–Crippen MR) is 71.6 cm³/mol. The van der Waals surface area contributed by atoms with Gasteiger partial charge in [0.15, 0.2) is 5.82 Å². The number of carbonyl (C=O) groups excluding carboxylic acids is 1. The van der Waals surface area contributed by atoms with Crippen molar-refractivity contribution in [2.24, 2.45) is 13.0 Å². The molecule has 0 radical (unpaired) electrons. The van der Waals surface area contributed by atoms with Gasteiger partial charge in [0.25, 0.3) is 0 Å². The first-order valence-electron chi connectivity index (χ1n) is 6.19. The van der Waals surface area contributed by atoms with Crippen LogP contribution >= 0.6 is 0 Å². The highest BCUT2D eigenvalue weighted by atomic mass is 16.1. The number of hydrogen-bond acceptors (Lipinski definition) is 2. The summed E-state index contributed by atoms with van der Waals surface area (Å²) in [6.45, 7) is 4.35. The molecule has 0 unspecified atom stereocenters. The summed E-state index contributed by atoms with van der Waals surface area (Å²) >= 11 is 0. The highest BCUT2D eigenvalue weighted by Crippen LogP contribution is 2.13. The van der Waals surface area contributed by atoms with Crippen LogP contribution in [0.1, 0.15) is 35.6 Å². The summed E-state index contributed by atoms with van der Waals surface area (Å²) in [5, 5.41) is 0. The van der Waals surface area contributed by atoms with Gasteiger partial charge < -0.3 is 4.57 Å². The summed E-state index contributed by atoms with van der Waals surface area (Å²) in [5.41, 5.74) is 1.91. The van der Waals surface area contributed by atoms with E-state index in [0.29, 0.717) is 17.3 Å². The molecule has 0 saturated heterocycles. The number of hydrogen-bond donors (Lipinski definition) is 0. The van der Waals surface area contributed by atoms with E-state index in [9.17, 15) is 4.79 Å². The number of ketones is 1. The Kier molecular flexibility index (Phi) is 3.60. The Morgan fingerprint density at radius 2 is 2.17 bits per heavy atom. The monoisotopic (exact) mass is 242 g/mol. The van der Waals surface area contributed by atoms with E-state index in [1.807, 2.05) is 25.2 Å². The SMILES string of the molecule is CC(C)Cc1cccc(C(=O)c2nccn2C)c1. The molecular formula is C15H18N2O. The molecule has 3 nitrogen and oxygen atoms in total. The van der Waals surface area contributed by atoms with Crippen LogP contribution in [0.25, 0.3) is 0 Å². The molecule has 0 aliphatic carbocycles. The zero-order valence-corrected chi connectivity index (χ0v) is 11.1. The third-order valence-electron chi connectivity index (χ3n) is 2.86. The summed E-state index contributed by atoms with van der Waals surface area (Å²) in [4.78, 5) is 16.4. The first-order chi connectivity index (χ1) is 8.58. The fraction of sp³-hybridized carbons (Fsp3) is 0.333. The van der Waals surface area contributed by atoms with E-state index >= 15 is 0 Å². The Labute approximate surface area is 107 Å². The van der Waals surface area contributed by atoms with Gasteiger partial charge in [0, 0.05) is 25.0 Å². The van der Waals surface area contributed by atoms with Crippen molar-refractivity contribution >= 4 is 5.78 Å². The van der Waals surface area contributed by atoms with Crippen LogP contribution in [0.5, 0.6) is 0 Å². The molecule has 0 spiro atoms. The Balaban J connectivity index is 2.29. The van der Waals surface area contributed by atoms with Gasteiger partial charge in [0.1, 0.15) is 0 Å². The smallest absolute Gasteiger partial charge is 0.228 e. The summed E-state index contributed by atoms with van der Waals surface area (Å²) in [6.07, 6.45) is 4.41. The van der Waals surface area contributed by atoms with Gasteiger partial charge in [-0.05, 0) is 24.0 Å². The maximum Gasteiger partial charge on any atom is 0.228 e. The van der Waals surface area contributed by atoms with Gasteiger partial charge in [0.05, 0.1) is 0 Å². The zero-order valence-electron chi connectivity index (χ0n) is 11.1. The summed E-state index contributed by atoms with van der Waals surface area (Å²) < 4.78 is 1.75. The number of benzene rings is 1. The molecule has 0 fully saturated rings.